The fourth-order valence-electron chi connectivity index (χ4n) is 2.84. The third-order valence-corrected chi connectivity index (χ3v) is 4.32. The van der Waals surface area contributed by atoms with Crippen LogP contribution in [0.1, 0.15) is 26.3 Å². The third-order valence-electron chi connectivity index (χ3n) is 4.32. The number of nitrogens with one attached hydrogen (secondary N) is 1. The Hall–Kier alpha value is -1.95. The summed E-state index contributed by atoms with van der Waals surface area (Å²) in [6.45, 7) is 9.43. The molecule has 0 spiro atoms. The molecule has 0 radical (unpaired) electrons. The second-order valence-electron chi connectivity index (χ2n) is 7.54. The van der Waals surface area contributed by atoms with E-state index in [1.807, 2.05) is 25.7 Å². The van der Waals surface area contributed by atoms with Crippen LogP contribution in [0.25, 0.3) is 0 Å². The number of hydrogen-bond donors (Lipinski definition) is 1. The summed E-state index contributed by atoms with van der Waals surface area (Å²) in [6, 6.07) is 6.31. The highest BCUT2D eigenvalue weighted by molar-refractivity contribution is 5.81. The van der Waals surface area contributed by atoms with E-state index in [-0.39, 0.29) is 23.0 Å². The quantitative estimate of drug-likeness (QED) is 0.880. The number of nitrogens with zero attached hydrogens (tertiary/aromatic N) is 2. The number of rotatable bonds is 5. The van der Waals surface area contributed by atoms with E-state index in [4.69, 9.17) is 0 Å². The molecule has 0 aliphatic carbocycles. The summed E-state index contributed by atoms with van der Waals surface area (Å²) in [6.07, 6.45) is 0.680. The Morgan fingerprint density at radius 1 is 1.08 bits per heavy atom. The van der Waals surface area contributed by atoms with Gasteiger partial charge in [-0.3, -0.25) is 14.5 Å². The van der Waals surface area contributed by atoms with Gasteiger partial charge in [-0.15, -0.1) is 0 Å². The Morgan fingerprint density at radius 2 is 1.68 bits per heavy atom. The zero-order valence-electron chi connectivity index (χ0n) is 15.3. The number of carbonyl (C=O) groups excluding carboxylic acids is 2. The highest BCUT2D eigenvalue weighted by Crippen LogP contribution is 2.18. The summed E-state index contributed by atoms with van der Waals surface area (Å²) < 4.78 is 12.8. The molecular formula is C19H28FN3O2. The minimum absolute atomic E-state index is 0.0160. The van der Waals surface area contributed by atoms with Crippen molar-refractivity contribution < 1.29 is 14.0 Å². The number of carbonyl (C=O) groups is 2. The second-order valence-corrected chi connectivity index (χ2v) is 7.54. The lowest BCUT2D eigenvalue weighted by molar-refractivity contribution is -0.141. The van der Waals surface area contributed by atoms with Crippen LogP contribution < -0.4 is 5.32 Å². The number of amides is 2. The van der Waals surface area contributed by atoms with Gasteiger partial charge in [0.05, 0.1) is 6.54 Å². The van der Waals surface area contributed by atoms with E-state index >= 15 is 0 Å². The van der Waals surface area contributed by atoms with Crippen LogP contribution in [0.3, 0.4) is 0 Å². The largest absolute Gasteiger partial charge is 0.355 e. The van der Waals surface area contributed by atoms with Crippen molar-refractivity contribution >= 4 is 11.8 Å². The van der Waals surface area contributed by atoms with E-state index in [1.54, 1.807) is 12.1 Å². The molecule has 6 heteroatoms. The van der Waals surface area contributed by atoms with Crippen LogP contribution in [0.15, 0.2) is 24.3 Å². The summed E-state index contributed by atoms with van der Waals surface area (Å²) in [5.41, 5.74) is 0.635. The van der Waals surface area contributed by atoms with Gasteiger partial charge in [-0.25, -0.2) is 4.39 Å². The van der Waals surface area contributed by atoms with Gasteiger partial charge in [0.25, 0.3) is 0 Å². The van der Waals surface area contributed by atoms with Gasteiger partial charge in [0.15, 0.2) is 0 Å². The van der Waals surface area contributed by atoms with Crippen LogP contribution in [0.4, 0.5) is 4.39 Å². The molecule has 0 aromatic heterocycles. The van der Waals surface area contributed by atoms with Gasteiger partial charge in [0.2, 0.25) is 11.8 Å². The first-order valence-corrected chi connectivity index (χ1v) is 8.78. The number of piperazine rings is 1. The van der Waals surface area contributed by atoms with Crippen molar-refractivity contribution in [2.45, 2.75) is 27.2 Å². The molecule has 1 N–H and O–H groups in total. The maximum atomic E-state index is 12.8. The molecule has 25 heavy (non-hydrogen) atoms. The molecule has 1 fully saturated rings. The average molecular weight is 349 g/mol. The molecule has 5 nitrogen and oxygen atoms in total. The Kier molecular flexibility index (Phi) is 6.53. The minimum Gasteiger partial charge on any atom is -0.355 e. The topological polar surface area (TPSA) is 52.7 Å². The van der Waals surface area contributed by atoms with Crippen LogP contribution >= 0.6 is 0 Å². The lowest BCUT2D eigenvalue weighted by Crippen LogP contribution is -2.53. The first kappa shape index (κ1) is 19.4. The monoisotopic (exact) mass is 349 g/mol. The predicted octanol–water partition coefficient (Wildman–Crippen LogP) is 1.67. The Balaban J connectivity index is 1.66. The van der Waals surface area contributed by atoms with Crippen molar-refractivity contribution in [1.29, 1.82) is 0 Å². The van der Waals surface area contributed by atoms with E-state index in [2.05, 4.69) is 10.2 Å². The van der Waals surface area contributed by atoms with Gasteiger partial charge in [0, 0.05) is 38.1 Å². The van der Waals surface area contributed by atoms with Crippen molar-refractivity contribution in [3.05, 3.63) is 35.6 Å². The molecule has 0 unspecified atom stereocenters. The van der Waals surface area contributed by atoms with Crippen LogP contribution in [0.5, 0.6) is 0 Å². The molecule has 0 saturated carbocycles. The van der Waals surface area contributed by atoms with Crippen molar-refractivity contribution in [3.8, 4) is 0 Å². The van der Waals surface area contributed by atoms with Gasteiger partial charge in [-0.05, 0) is 24.1 Å². The zero-order chi connectivity index (χ0) is 18.4. The summed E-state index contributed by atoms with van der Waals surface area (Å²) in [7, 11) is 0. The predicted molar refractivity (Wildman–Crippen MR) is 95.6 cm³/mol. The molecule has 1 aromatic rings. The first-order valence-electron chi connectivity index (χ1n) is 8.78. The summed E-state index contributed by atoms with van der Waals surface area (Å²) >= 11 is 0. The number of benzene rings is 1. The highest BCUT2D eigenvalue weighted by atomic mass is 19.1. The molecule has 1 aliphatic heterocycles. The maximum Gasteiger partial charge on any atom is 0.234 e. The van der Waals surface area contributed by atoms with E-state index in [0.717, 1.165) is 5.56 Å². The van der Waals surface area contributed by atoms with Gasteiger partial charge in [-0.2, -0.15) is 0 Å². The molecule has 0 atom stereocenters. The summed E-state index contributed by atoms with van der Waals surface area (Å²) in [5, 5.41) is 2.90. The first-order chi connectivity index (χ1) is 11.8. The zero-order valence-corrected chi connectivity index (χ0v) is 15.3. The maximum absolute atomic E-state index is 12.8. The van der Waals surface area contributed by atoms with Crippen LogP contribution in [-0.2, 0) is 16.0 Å². The van der Waals surface area contributed by atoms with Crippen molar-refractivity contribution in [2.75, 3.05) is 39.3 Å². The molecule has 138 valence electrons. The van der Waals surface area contributed by atoms with E-state index < -0.39 is 0 Å². The summed E-state index contributed by atoms with van der Waals surface area (Å²) in [4.78, 5) is 28.2. The Morgan fingerprint density at radius 3 is 2.24 bits per heavy atom. The standard InChI is InChI=1S/C19H28FN3O2/c1-19(2,3)18(25)23-12-10-22(11-13-23)14-17(24)21-9-8-15-4-6-16(20)7-5-15/h4-7H,8-14H2,1-3H3,(H,21,24). The molecule has 1 aromatic carbocycles. The smallest absolute Gasteiger partial charge is 0.234 e. The fourth-order valence-corrected chi connectivity index (χ4v) is 2.84. The van der Waals surface area contributed by atoms with Crippen LogP contribution in [0.2, 0.25) is 0 Å². The minimum atomic E-state index is -0.361. The van der Waals surface area contributed by atoms with Crippen LogP contribution in [0, 0.1) is 11.2 Å². The lowest BCUT2D eigenvalue weighted by atomic mass is 9.94. The van der Waals surface area contributed by atoms with E-state index in [1.165, 1.54) is 12.1 Å². The van der Waals surface area contributed by atoms with Gasteiger partial charge < -0.3 is 10.2 Å². The fraction of sp³-hybridized carbons (Fsp3) is 0.579. The van der Waals surface area contributed by atoms with Gasteiger partial charge in [0.1, 0.15) is 5.82 Å². The normalized spacial score (nSPS) is 15.9. The van der Waals surface area contributed by atoms with Crippen LogP contribution in [-0.4, -0.2) is 60.9 Å². The van der Waals surface area contributed by atoms with Crippen molar-refractivity contribution in [3.63, 3.8) is 0 Å². The average Bonchev–Trinajstić information content (AvgIpc) is 2.56. The molecule has 1 saturated heterocycles. The molecule has 0 bridgehead atoms. The number of halogens is 1. The second kappa shape index (κ2) is 8.43. The van der Waals surface area contributed by atoms with Gasteiger partial charge in [-0.1, -0.05) is 32.9 Å². The highest BCUT2D eigenvalue weighted by Gasteiger charge is 2.29. The third kappa shape index (κ3) is 6.12. The lowest BCUT2D eigenvalue weighted by Gasteiger charge is -2.37. The van der Waals surface area contributed by atoms with Gasteiger partial charge >= 0.3 is 0 Å². The van der Waals surface area contributed by atoms with E-state index in [0.29, 0.717) is 45.7 Å². The molecule has 2 amide bonds. The molecule has 2 rings (SSSR count). The Bertz CT molecular complexity index is 588. The van der Waals surface area contributed by atoms with E-state index in [9.17, 15) is 14.0 Å². The Labute approximate surface area is 149 Å². The molecular weight excluding hydrogens is 321 g/mol. The summed E-state index contributed by atoms with van der Waals surface area (Å²) in [5.74, 6) is -0.106. The number of hydrogen-bond acceptors (Lipinski definition) is 3. The van der Waals surface area contributed by atoms with Crippen molar-refractivity contribution in [2.24, 2.45) is 5.41 Å². The molecule has 1 heterocycles. The SMILES string of the molecule is CC(C)(C)C(=O)N1CCN(CC(=O)NCCc2ccc(F)cc2)CC1. The molecule has 1 aliphatic rings. The van der Waals surface area contributed by atoms with Crippen molar-refractivity contribution in [1.82, 2.24) is 15.1 Å².